The minimum atomic E-state index is -3.60. The van der Waals surface area contributed by atoms with Crippen LogP contribution in [0.5, 0.6) is 0 Å². The fourth-order valence-electron chi connectivity index (χ4n) is 5.14. The van der Waals surface area contributed by atoms with E-state index >= 15 is 0 Å². The number of likely N-dealkylation sites (N-methyl/N-ethyl adjacent to an activating group) is 1. The van der Waals surface area contributed by atoms with Gasteiger partial charge in [0, 0.05) is 18.6 Å². The van der Waals surface area contributed by atoms with E-state index in [-0.39, 0.29) is 16.9 Å². The molecule has 0 radical (unpaired) electrons. The molecule has 4 rings (SSSR count). The lowest BCUT2D eigenvalue weighted by atomic mass is 9.74. The topological polar surface area (TPSA) is 92.5 Å². The summed E-state index contributed by atoms with van der Waals surface area (Å²) in [5, 5.41) is 0. The highest BCUT2D eigenvalue weighted by Crippen LogP contribution is 2.33. The predicted molar refractivity (Wildman–Crippen MR) is 131 cm³/mol. The number of rotatable bonds is 9. The molecule has 0 amide bonds. The molecular weight excluding hydrogens is 434 g/mol. The number of nitrogens with two attached hydrogens (primary N) is 1. The first-order chi connectivity index (χ1) is 15.8. The average molecular weight is 470 g/mol. The van der Waals surface area contributed by atoms with Gasteiger partial charge < -0.3 is 15.4 Å². The summed E-state index contributed by atoms with van der Waals surface area (Å²) < 4.78 is 28.8. The molecule has 0 spiro atoms. The zero-order valence-corrected chi connectivity index (χ0v) is 20.1. The van der Waals surface area contributed by atoms with Gasteiger partial charge in [-0.15, -0.1) is 0 Å². The zero-order valence-electron chi connectivity index (χ0n) is 19.3. The van der Waals surface area contributed by atoms with Crippen LogP contribution in [0.1, 0.15) is 44.9 Å². The summed E-state index contributed by atoms with van der Waals surface area (Å²) >= 11 is 0. The Balaban J connectivity index is 1.34. The third-order valence-electron chi connectivity index (χ3n) is 7.52. The molecule has 7 heteroatoms. The van der Waals surface area contributed by atoms with E-state index in [1.807, 2.05) is 42.5 Å². The Morgan fingerprint density at radius 1 is 0.970 bits per heavy atom. The van der Waals surface area contributed by atoms with Gasteiger partial charge in [-0.1, -0.05) is 48.9 Å². The van der Waals surface area contributed by atoms with Crippen LogP contribution in [0.15, 0.2) is 59.5 Å². The Hall–Kier alpha value is -2.06. The van der Waals surface area contributed by atoms with Crippen LogP contribution < -0.4 is 10.5 Å². The molecule has 33 heavy (non-hydrogen) atoms. The monoisotopic (exact) mass is 469 g/mol. The average Bonchev–Trinajstić information content (AvgIpc) is 2.78. The van der Waals surface area contributed by atoms with Crippen molar-refractivity contribution in [2.45, 2.75) is 67.5 Å². The van der Waals surface area contributed by atoms with Gasteiger partial charge in [0.25, 0.3) is 0 Å². The van der Waals surface area contributed by atoms with E-state index < -0.39 is 15.6 Å². The maximum atomic E-state index is 12.9. The fraction of sp³-hybridized carbons (Fsp3) is 0.500. The summed E-state index contributed by atoms with van der Waals surface area (Å²) in [4.78, 5) is 14.5. The highest BCUT2D eigenvalue weighted by Gasteiger charge is 2.40. The minimum absolute atomic E-state index is 0.0726. The van der Waals surface area contributed by atoms with Gasteiger partial charge in [-0.05, 0) is 74.8 Å². The molecule has 1 atom stereocenters. The lowest BCUT2D eigenvalue weighted by Gasteiger charge is -2.43. The van der Waals surface area contributed by atoms with Crippen LogP contribution in [0.4, 0.5) is 0 Å². The number of carbonyl (C=O) groups is 1. The first-order valence-corrected chi connectivity index (χ1v) is 13.4. The van der Waals surface area contributed by atoms with Gasteiger partial charge in [0.05, 0.1) is 10.4 Å². The summed E-state index contributed by atoms with van der Waals surface area (Å²) in [6, 6.07) is 17.3. The summed E-state index contributed by atoms with van der Waals surface area (Å²) in [6.07, 6.45) is 7.37. The Labute approximate surface area is 197 Å². The molecule has 0 bridgehead atoms. The van der Waals surface area contributed by atoms with Crippen LogP contribution in [0.3, 0.4) is 0 Å². The lowest BCUT2D eigenvalue weighted by molar-refractivity contribution is -0.115. The van der Waals surface area contributed by atoms with Gasteiger partial charge in [-0.3, -0.25) is 0 Å². The van der Waals surface area contributed by atoms with Crippen LogP contribution in [-0.2, 0) is 14.8 Å². The van der Waals surface area contributed by atoms with Gasteiger partial charge >= 0.3 is 0 Å². The van der Waals surface area contributed by atoms with Crippen molar-refractivity contribution >= 4 is 16.3 Å². The molecule has 2 aliphatic carbocycles. The third-order valence-corrected chi connectivity index (χ3v) is 9.06. The predicted octanol–water partition coefficient (Wildman–Crippen LogP) is 3.57. The van der Waals surface area contributed by atoms with Crippen molar-refractivity contribution in [1.29, 1.82) is 0 Å². The lowest BCUT2D eigenvalue weighted by Crippen LogP contribution is -2.59. The van der Waals surface area contributed by atoms with Crippen molar-refractivity contribution in [2.24, 2.45) is 11.7 Å². The van der Waals surface area contributed by atoms with Crippen molar-refractivity contribution in [2.75, 3.05) is 13.6 Å². The number of aldehydes is 1. The van der Waals surface area contributed by atoms with E-state index in [2.05, 4.69) is 16.7 Å². The van der Waals surface area contributed by atoms with Crippen molar-refractivity contribution in [1.82, 2.24) is 9.62 Å². The molecule has 2 saturated carbocycles. The number of hydrogen-bond acceptors (Lipinski definition) is 5. The molecule has 0 aliphatic heterocycles. The molecule has 2 aromatic carbocycles. The van der Waals surface area contributed by atoms with Crippen molar-refractivity contribution in [3.8, 4) is 11.1 Å². The SMILES string of the molecule is CN(C[C@@](N)(C=O)C1CCC(NS(=O)(=O)c2ccc(-c3ccccc3)cc2)CC1)C1CCC1. The summed E-state index contributed by atoms with van der Waals surface area (Å²) in [5.41, 5.74) is 7.73. The van der Waals surface area contributed by atoms with E-state index in [4.69, 9.17) is 5.73 Å². The number of carbonyl (C=O) groups excluding carboxylic acids is 1. The highest BCUT2D eigenvalue weighted by atomic mass is 32.2. The number of hydrogen-bond donors (Lipinski definition) is 2. The standard InChI is InChI=1S/C26H35N3O3S/c1-29(24-8-5-9-24)18-26(27,19-30)22-12-14-23(15-13-22)28-33(31,32)25-16-10-21(11-17-25)20-6-3-2-4-7-20/h2-4,6-7,10-11,16-17,19,22-24,28H,5,8-9,12-15,18,27H2,1H3/t22?,23?,26-/m1/s1. The summed E-state index contributed by atoms with van der Waals surface area (Å²) in [5.74, 6) is 0.0726. The molecule has 6 nitrogen and oxygen atoms in total. The highest BCUT2D eigenvalue weighted by molar-refractivity contribution is 7.89. The second-order valence-corrected chi connectivity index (χ2v) is 11.5. The number of nitrogens with one attached hydrogen (secondary N) is 1. The maximum absolute atomic E-state index is 12.9. The summed E-state index contributed by atoms with van der Waals surface area (Å²) in [7, 11) is -1.55. The molecule has 178 valence electrons. The molecule has 0 aromatic heterocycles. The van der Waals surface area contributed by atoms with Crippen LogP contribution >= 0.6 is 0 Å². The summed E-state index contributed by atoms with van der Waals surface area (Å²) in [6.45, 7) is 0.565. The second-order valence-electron chi connectivity index (χ2n) is 9.79. The van der Waals surface area contributed by atoms with E-state index in [0.29, 0.717) is 25.4 Å². The molecule has 3 N–H and O–H groups in total. The zero-order chi connectivity index (χ0) is 23.5. The fourth-order valence-corrected chi connectivity index (χ4v) is 6.45. The van der Waals surface area contributed by atoms with Crippen molar-refractivity contribution in [3.05, 3.63) is 54.6 Å². The van der Waals surface area contributed by atoms with Gasteiger partial charge in [0.2, 0.25) is 10.0 Å². The molecule has 0 heterocycles. The molecule has 2 aromatic rings. The molecule has 0 saturated heterocycles. The quantitative estimate of drug-likeness (QED) is 0.548. The van der Waals surface area contributed by atoms with E-state index in [1.54, 1.807) is 12.1 Å². The van der Waals surface area contributed by atoms with Crippen LogP contribution in [0.2, 0.25) is 0 Å². The Morgan fingerprint density at radius 2 is 1.58 bits per heavy atom. The minimum Gasteiger partial charge on any atom is -0.318 e. The van der Waals surface area contributed by atoms with Crippen molar-refractivity contribution < 1.29 is 13.2 Å². The van der Waals surface area contributed by atoms with Crippen LogP contribution in [0.25, 0.3) is 11.1 Å². The van der Waals surface area contributed by atoms with E-state index in [0.717, 1.165) is 30.3 Å². The molecular formula is C26H35N3O3S. The second kappa shape index (κ2) is 10.1. The molecule has 2 fully saturated rings. The first-order valence-electron chi connectivity index (χ1n) is 11.9. The van der Waals surface area contributed by atoms with Gasteiger partial charge in [-0.2, -0.15) is 0 Å². The Kier molecular flexibility index (Phi) is 7.34. The number of benzene rings is 2. The Bertz CT molecular complexity index is 1030. The first kappa shape index (κ1) is 24.1. The third kappa shape index (κ3) is 5.54. The largest absolute Gasteiger partial charge is 0.318 e. The Morgan fingerprint density at radius 3 is 2.12 bits per heavy atom. The smallest absolute Gasteiger partial charge is 0.240 e. The normalized spacial score (nSPS) is 23.6. The van der Waals surface area contributed by atoms with Crippen LogP contribution in [0, 0.1) is 5.92 Å². The van der Waals surface area contributed by atoms with Gasteiger partial charge in [0.1, 0.15) is 6.29 Å². The maximum Gasteiger partial charge on any atom is 0.240 e. The molecule has 0 unspecified atom stereocenters. The van der Waals surface area contributed by atoms with Gasteiger partial charge in [0.15, 0.2) is 0 Å². The van der Waals surface area contributed by atoms with Gasteiger partial charge in [-0.25, -0.2) is 13.1 Å². The van der Waals surface area contributed by atoms with Crippen molar-refractivity contribution in [3.63, 3.8) is 0 Å². The van der Waals surface area contributed by atoms with E-state index in [9.17, 15) is 13.2 Å². The number of nitrogens with zero attached hydrogens (tertiary/aromatic N) is 1. The molecule has 2 aliphatic rings. The van der Waals surface area contributed by atoms with Crippen LogP contribution in [-0.4, -0.2) is 50.8 Å². The number of sulfonamides is 1. The van der Waals surface area contributed by atoms with E-state index in [1.165, 1.54) is 19.3 Å².